The molecule has 5 nitrogen and oxygen atoms in total. The molecule has 2 aromatic carbocycles. The lowest BCUT2D eigenvalue weighted by Crippen LogP contribution is -2.37. The Bertz CT molecular complexity index is 970. The monoisotopic (exact) mass is 477 g/mol. The van der Waals surface area contributed by atoms with Gasteiger partial charge in [0, 0.05) is 11.9 Å². The summed E-state index contributed by atoms with van der Waals surface area (Å²) >= 11 is 3.30. The molecule has 0 saturated carbocycles. The quantitative estimate of drug-likeness (QED) is 0.232. The zero-order valence-electron chi connectivity index (χ0n) is 16.4. The van der Waals surface area contributed by atoms with Crippen LogP contribution >= 0.6 is 15.9 Å². The maximum absolute atomic E-state index is 13.6. The van der Waals surface area contributed by atoms with E-state index in [0.717, 1.165) is 5.56 Å². The number of methoxy groups -OCH3 is 1. The van der Waals surface area contributed by atoms with Crippen LogP contribution in [0.4, 0.5) is 0 Å². The van der Waals surface area contributed by atoms with Crippen molar-refractivity contribution >= 4 is 31.9 Å². The molecule has 0 saturated heterocycles. The molecular formula is C22H24BrNO4S. The number of allylic oxidation sites excluding steroid dienone is 1. The van der Waals surface area contributed by atoms with Gasteiger partial charge in [-0.15, -0.1) is 0 Å². The molecule has 0 aliphatic heterocycles. The Morgan fingerprint density at radius 2 is 1.76 bits per heavy atom. The summed E-state index contributed by atoms with van der Waals surface area (Å²) in [5.74, 6) is -0.660. The smallest absolute Gasteiger partial charge is 0.335 e. The first-order valence-corrected chi connectivity index (χ1v) is 11.5. The van der Waals surface area contributed by atoms with Crippen LogP contribution in [0.25, 0.3) is 0 Å². The van der Waals surface area contributed by atoms with Crippen LogP contribution in [0, 0.1) is 6.92 Å². The molecule has 0 heterocycles. The molecule has 0 aromatic heterocycles. The minimum Gasteiger partial charge on any atom is -0.466 e. The number of nitrogens with zero attached hydrogens (tertiary/aromatic N) is 1. The van der Waals surface area contributed by atoms with Crippen LogP contribution in [0.1, 0.15) is 17.2 Å². The van der Waals surface area contributed by atoms with Crippen LogP contribution < -0.4 is 0 Å². The molecule has 1 atom stereocenters. The SMILES string of the molecule is C=C(C(=O)OC)C(c1ccccc1)N(C/C=C/CBr)S(=O)(=O)c1ccc(C)cc1. The number of halogens is 1. The van der Waals surface area contributed by atoms with E-state index in [4.69, 9.17) is 4.74 Å². The molecule has 1 unspecified atom stereocenters. The molecule has 2 aromatic rings. The topological polar surface area (TPSA) is 63.7 Å². The maximum Gasteiger partial charge on any atom is 0.335 e. The summed E-state index contributed by atoms with van der Waals surface area (Å²) in [6.07, 6.45) is 3.54. The van der Waals surface area contributed by atoms with E-state index in [1.54, 1.807) is 60.7 Å². The van der Waals surface area contributed by atoms with Crippen molar-refractivity contribution in [1.29, 1.82) is 0 Å². The molecule has 0 radical (unpaired) electrons. The van der Waals surface area contributed by atoms with Gasteiger partial charge >= 0.3 is 5.97 Å². The molecule has 0 aliphatic rings. The average molecular weight is 478 g/mol. The van der Waals surface area contributed by atoms with Gasteiger partial charge in [0.1, 0.15) is 0 Å². The zero-order chi connectivity index (χ0) is 21.4. The number of sulfonamides is 1. The first-order chi connectivity index (χ1) is 13.8. The summed E-state index contributed by atoms with van der Waals surface area (Å²) < 4.78 is 33.2. The van der Waals surface area contributed by atoms with Gasteiger partial charge in [-0.1, -0.05) is 82.7 Å². The Balaban J connectivity index is 2.64. The van der Waals surface area contributed by atoms with Gasteiger partial charge in [0.25, 0.3) is 0 Å². The van der Waals surface area contributed by atoms with Crippen molar-refractivity contribution in [2.24, 2.45) is 0 Å². The van der Waals surface area contributed by atoms with Gasteiger partial charge in [0.05, 0.1) is 23.6 Å². The second kappa shape index (κ2) is 10.5. The van der Waals surface area contributed by atoms with Gasteiger partial charge in [0.15, 0.2) is 0 Å². The number of benzene rings is 2. The standard InChI is InChI=1S/C22H24BrNO4S/c1-17-11-13-20(14-12-17)29(26,27)24(16-8-7-15-23)21(18(2)22(25)28-3)19-9-5-4-6-10-19/h4-14,21H,2,15-16H2,1,3H3/b8-7+. The number of ether oxygens (including phenoxy) is 1. The van der Waals surface area contributed by atoms with Crippen molar-refractivity contribution in [3.8, 4) is 0 Å². The molecule has 0 aliphatic carbocycles. The fourth-order valence-electron chi connectivity index (χ4n) is 2.85. The summed E-state index contributed by atoms with van der Waals surface area (Å²) in [6, 6.07) is 14.6. The van der Waals surface area contributed by atoms with Crippen molar-refractivity contribution in [2.75, 3.05) is 19.0 Å². The molecule has 29 heavy (non-hydrogen) atoms. The van der Waals surface area contributed by atoms with Crippen LogP contribution in [0.2, 0.25) is 0 Å². The third-order valence-corrected chi connectivity index (χ3v) is 6.57. The van der Waals surface area contributed by atoms with Crippen molar-refractivity contribution in [2.45, 2.75) is 17.9 Å². The fourth-order valence-corrected chi connectivity index (χ4v) is 4.67. The van der Waals surface area contributed by atoms with Crippen molar-refractivity contribution in [3.63, 3.8) is 0 Å². The van der Waals surface area contributed by atoms with E-state index in [2.05, 4.69) is 22.5 Å². The van der Waals surface area contributed by atoms with Gasteiger partial charge in [0.2, 0.25) is 10.0 Å². The molecule has 7 heteroatoms. The second-order valence-electron chi connectivity index (χ2n) is 6.34. The Hall–Kier alpha value is -2.22. The predicted octanol–water partition coefficient (Wildman–Crippen LogP) is 4.41. The van der Waals surface area contributed by atoms with E-state index in [1.165, 1.54) is 11.4 Å². The largest absolute Gasteiger partial charge is 0.466 e. The summed E-state index contributed by atoms with van der Waals surface area (Å²) in [4.78, 5) is 12.4. The summed E-state index contributed by atoms with van der Waals surface area (Å²) in [7, 11) is -2.69. The van der Waals surface area contributed by atoms with Crippen molar-refractivity contribution < 1.29 is 17.9 Å². The van der Waals surface area contributed by atoms with E-state index in [-0.39, 0.29) is 17.0 Å². The first-order valence-electron chi connectivity index (χ1n) is 8.94. The zero-order valence-corrected chi connectivity index (χ0v) is 18.8. The lowest BCUT2D eigenvalue weighted by atomic mass is 10.00. The number of aryl methyl sites for hydroxylation is 1. The highest BCUT2D eigenvalue weighted by Crippen LogP contribution is 2.33. The lowest BCUT2D eigenvalue weighted by Gasteiger charge is -2.31. The van der Waals surface area contributed by atoms with Crippen LogP contribution in [-0.4, -0.2) is 37.7 Å². The second-order valence-corrected chi connectivity index (χ2v) is 8.88. The fraction of sp³-hybridized carbons (Fsp3) is 0.227. The molecule has 0 amide bonds. The van der Waals surface area contributed by atoms with Crippen molar-refractivity contribution in [1.82, 2.24) is 4.31 Å². The molecule has 154 valence electrons. The molecular weight excluding hydrogens is 454 g/mol. The minimum atomic E-state index is -3.93. The predicted molar refractivity (Wildman–Crippen MR) is 118 cm³/mol. The Kier molecular flexibility index (Phi) is 8.37. The summed E-state index contributed by atoms with van der Waals surface area (Å²) in [5.41, 5.74) is 1.63. The van der Waals surface area contributed by atoms with Gasteiger partial charge in [-0.25, -0.2) is 13.2 Å². The summed E-state index contributed by atoms with van der Waals surface area (Å²) in [5, 5.41) is 0.583. The Morgan fingerprint density at radius 3 is 2.31 bits per heavy atom. The highest BCUT2D eigenvalue weighted by Gasteiger charge is 2.36. The van der Waals surface area contributed by atoms with Gasteiger partial charge in [-0.3, -0.25) is 0 Å². The molecule has 0 bridgehead atoms. The van der Waals surface area contributed by atoms with Gasteiger partial charge < -0.3 is 4.74 Å². The number of rotatable bonds is 9. The third-order valence-electron chi connectivity index (χ3n) is 4.35. The van der Waals surface area contributed by atoms with E-state index in [1.807, 2.05) is 13.0 Å². The van der Waals surface area contributed by atoms with E-state index in [9.17, 15) is 13.2 Å². The Morgan fingerprint density at radius 1 is 1.14 bits per heavy atom. The van der Waals surface area contributed by atoms with Crippen LogP contribution in [-0.2, 0) is 19.6 Å². The number of esters is 1. The highest BCUT2D eigenvalue weighted by molar-refractivity contribution is 9.09. The van der Waals surface area contributed by atoms with E-state index in [0.29, 0.717) is 10.9 Å². The molecule has 0 fully saturated rings. The van der Waals surface area contributed by atoms with Crippen molar-refractivity contribution in [3.05, 3.63) is 90.0 Å². The summed E-state index contributed by atoms with van der Waals surface area (Å²) in [6.45, 7) is 5.81. The number of carbonyl (C=O) groups is 1. The number of hydrogen-bond donors (Lipinski definition) is 0. The van der Waals surface area contributed by atoms with Crippen LogP contribution in [0.3, 0.4) is 0 Å². The van der Waals surface area contributed by atoms with E-state index >= 15 is 0 Å². The van der Waals surface area contributed by atoms with Gasteiger partial charge in [-0.2, -0.15) is 4.31 Å². The maximum atomic E-state index is 13.6. The van der Waals surface area contributed by atoms with E-state index < -0.39 is 22.0 Å². The minimum absolute atomic E-state index is 0.0432. The van der Waals surface area contributed by atoms with Gasteiger partial charge in [-0.05, 0) is 24.6 Å². The lowest BCUT2D eigenvalue weighted by molar-refractivity contribution is -0.136. The molecule has 0 N–H and O–H groups in total. The normalized spacial score (nSPS) is 12.8. The number of carbonyl (C=O) groups excluding carboxylic acids is 1. The molecule has 2 rings (SSSR count). The van der Waals surface area contributed by atoms with Crippen LogP contribution in [0.15, 0.2) is 83.8 Å². The first kappa shape index (κ1) is 23.1. The average Bonchev–Trinajstić information content (AvgIpc) is 2.73. The number of hydrogen-bond acceptors (Lipinski definition) is 4. The third kappa shape index (κ3) is 5.65. The molecule has 0 spiro atoms. The van der Waals surface area contributed by atoms with Crippen LogP contribution in [0.5, 0.6) is 0 Å². The number of alkyl halides is 1. The highest BCUT2D eigenvalue weighted by atomic mass is 79.9. The Labute approximate surface area is 180 Å².